The van der Waals surface area contributed by atoms with E-state index in [1.807, 2.05) is 13.8 Å². The van der Waals surface area contributed by atoms with Crippen LogP contribution in [-0.2, 0) is 17.8 Å². The van der Waals surface area contributed by atoms with E-state index in [2.05, 4.69) is 14.7 Å². The molecule has 0 bridgehead atoms. The minimum atomic E-state index is -0.635. The zero-order chi connectivity index (χ0) is 23.0. The molecular weight excluding hydrogens is 438 g/mol. The Bertz CT molecular complexity index is 1430. The number of halogens is 1. The van der Waals surface area contributed by atoms with Crippen molar-refractivity contribution >= 4 is 28.7 Å². The number of hydrogen-bond acceptors (Lipinski definition) is 7. The molecule has 0 N–H and O–H groups in total. The van der Waals surface area contributed by atoms with Crippen molar-refractivity contribution in [3.05, 3.63) is 74.3 Å². The van der Waals surface area contributed by atoms with Crippen LogP contribution in [0.15, 0.2) is 50.9 Å². The SMILES string of the molecule is COC(=O)c1coc(Cn2cnc3c2c(=O)n(CC(C)C)c(=O)n3-c2cccc(Cl)c2)n1. The van der Waals surface area contributed by atoms with Crippen molar-refractivity contribution in [3.8, 4) is 5.69 Å². The van der Waals surface area contributed by atoms with Crippen LogP contribution in [0.1, 0.15) is 30.2 Å². The molecule has 11 heteroatoms. The van der Waals surface area contributed by atoms with E-state index in [4.69, 9.17) is 16.0 Å². The lowest BCUT2D eigenvalue weighted by Crippen LogP contribution is -2.41. The minimum absolute atomic E-state index is 0.0139. The largest absolute Gasteiger partial charge is 0.464 e. The van der Waals surface area contributed by atoms with E-state index >= 15 is 0 Å². The molecule has 0 aliphatic heterocycles. The number of imidazole rings is 1. The Morgan fingerprint density at radius 1 is 1.28 bits per heavy atom. The number of carbonyl (C=O) groups is 1. The first-order chi connectivity index (χ1) is 15.3. The van der Waals surface area contributed by atoms with Crippen LogP contribution >= 0.6 is 11.6 Å². The molecule has 166 valence electrons. The van der Waals surface area contributed by atoms with Gasteiger partial charge in [-0.25, -0.2) is 24.1 Å². The van der Waals surface area contributed by atoms with Crippen molar-refractivity contribution in [1.82, 2.24) is 23.7 Å². The molecule has 1 aromatic carbocycles. The average molecular weight is 458 g/mol. The van der Waals surface area contributed by atoms with Crippen LogP contribution in [0, 0.1) is 5.92 Å². The Hall–Kier alpha value is -3.66. The number of nitrogens with zero attached hydrogens (tertiary/aromatic N) is 5. The van der Waals surface area contributed by atoms with Crippen LogP contribution < -0.4 is 11.2 Å². The van der Waals surface area contributed by atoms with Gasteiger partial charge in [-0.05, 0) is 24.1 Å². The van der Waals surface area contributed by atoms with Gasteiger partial charge in [0.05, 0.1) is 19.1 Å². The van der Waals surface area contributed by atoms with Crippen molar-refractivity contribution in [2.45, 2.75) is 26.9 Å². The molecule has 0 saturated carbocycles. The highest BCUT2D eigenvalue weighted by Gasteiger charge is 2.21. The molecule has 0 radical (unpaired) electrons. The summed E-state index contributed by atoms with van der Waals surface area (Å²) in [4.78, 5) is 46.6. The van der Waals surface area contributed by atoms with Gasteiger partial charge in [0.25, 0.3) is 5.56 Å². The van der Waals surface area contributed by atoms with E-state index in [0.29, 0.717) is 10.7 Å². The smallest absolute Gasteiger partial charge is 0.360 e. The van der Waals surface area contributed by atoms with Gasteiger partial charge in [-0.3, -0.25) is 9.36 Å². The lowest BCUT2D eigenvalue weighted by molar-refractivity contribution is 0.0594. The van der Waals surface area contributed by atoms with E-state index in [1.165, 1.54) is 33.4 Å². The lowest BCUT2D eigenvalue weighted by Gasteiger charge is -2.14. The number of rotatable bonds is 6. The van der Waals surface area contributed by atoms with E-state index < -0.39 is 17.2 Å². The molecule has 0 fully saturated rings. The molecule has 0 aliphatic carbocycles. The maximum absolute atomic E-state index is 13.3. The molecule has 10 nitrogen and oxygen atoms in total. The summed E-state index contributed by atoms with van der Waals surface area (Å²) < 4.78 is 14.0. The number of esters is 1. The van der Waals surface area contributed by atoms with Gasteiger partial charge in [0, 0.05) is 11.6 Å². The Kier molecular flexibility index (Phi) is 5.70. The maximum Gasteiger partial charge on any atom is 0.360 e. The van der Waals surface area contributed by atoms with Crippen molar-refractivity contribution in [3.63, 3.8) is 0 Å². The summed E-state index contributed by atoms with van der Waals surface area (Å²) in [5.41, 5.74) is -0.105. The van der Waals surface area contributed by atoms with Crippen LogP contribution in [0.25, 0.3) is 16.9 Å². The van der Waals surface area contributed by atoms with Crippen LogP contribution in [0.4, 0.5) is 0 Å². The fraction of sp³-hybridized carbons (Fsp3) is 0.286. The second kappa shape index (κ2) is 8.46. The quantitative estimate of drug-likeness (QED) is 0.408. The van der Waals surface area contributed by atoms with Gasteiger partial charge < -0.3 is 13.7 Å². The summed E-state index contributed by atoms with van der Waals surface area (Å²) in [7, 11) is 1.24. The second-order valence-electron chi connectivity index (χ2n) is 7.57. The summed E-state index contributed by atoms with van der Waals surface area (Å²) in [6.07, 6.45) is 2.60. The number of carbonyl (C=O) groups excluding carboxylic acids is 1. The highest BCUT2D eigenvalue weighted by Crippen LogP contribution is 2.18. The van der Waals surface area contributed by atoms with Gasteiger partial charge >= 0.3 is 11.7 Å². The predicted molar refractivity (Wildman–Crippen MR) is 116 cm³/mol. The van der Waals surface area contributed by atoms with Crippen LogP contribution in [-0.4, -0.2) is 36.7 Å². The van der Waals surface area contributed by atoms with E-state index in [1.54, 1.807) is 24.3 Å². The summed E-state index contributed by atoms with van der Waals surface area (Å²) in [6.45, 7) is 4.08. The zero-order valence-electron chi connectivity index (χ0n) is 17.6. The Balaban J connectivity index is 1.92. The molecule has 0 atom stereocenters. The first-order valence-electron chi connectivity index (χ1n) is 9.79. The predicted octanol–water partition coefficient (Wildman–Crippen LogP) is 2.48. The van der Waals surface area contributed by atoms with Gasteiger partial charge in [-0.2, -0.15) is 0 Å². The molecule has 32 heavy (non-hydrogen) atoms. The van der Waals surface area contributed by atoms with Crippen LogP contribution in [0.2, 0.25) is 5.02 Å². The first-order valence-corrected chi connectivity index (χ1v) is 10.2. The third-order valence-electron chi connectivity index (χ3n) is 4.77. The Morgan fingerprint density at radius 2 is 2.06 bits per heavy atom. The molecule has 0 amide bonds. The Morgan fingerprint density at radius 3 is 2.75 bits per heavy atom. The van der Waals surface area contributed by atoms with Crippen molar-refractivity contribution < 1.29 is 13.9 Å². The van der Waals surface area contributed by atoms with Crippen LogP contribution in [0.3, 0.4) is 0 Å². The van der Waals surface area contributed by atoms with Crippen molar-refractivity contribution in [2.75, 3.05) is 7.11 Å². The van der Waals surface area contributed by atoms with Gasteiger partial charge in [-0.15, -0.1) is 0 Å². The number of ether oxygens (including phenoxy) is 1. The summed E-state index contributed by atoms with van der Waals surface area (Å²) in [5.74, 6) is -0.402. The Labute approximate surface area is 186 Å². The number of oxazole rings is 1. The number of fused-ring (bicyclic) bond motifs is 1. The van der Waals surface area contributed by atoms with E-state index in [0.717, 1.165) is 0 Å². The number of aromatic nitrogens is 5. The molecule has 0 spiro atoms. The van der Waals surface area contributed by atoms with Crippen molar-refractivity contribution in [2.24, 2.45) is 5.92 Å². The van der Waals surface area contributed by atoms with Gasteiger partial charge in [0.2, 0.25) is 5.89 Å². The average Bonchev–Trinajstić information content (AvgIpc) is 3.38. The summed E-state index contributed by atoms with van der Waals surface area (Å²) in [5, 5.41) is 0.443. The third-order valence-corrected chi connectivity index (χ3v) is 5.00. The van der Waals surface area contributed by atoms with Crippen LogP contribution in [0.5, 0.6) is 0 Å². The molecule has 0 saturated heterocycles. The summed E-state index contributed by atoms with van der Waals surface area (Å²) >= 11 is 6.14. The highest BCUT2D eigenvalue weighted by atomic mass is 35.5. The minimum Gasteiger partial charge on any atom is -0.464 e. The highest BCUT2D eigenvalue weighted by molar-refractivity contribution is 6.30. The molecule has 0 unspecified atom stereocenters. The fourth-order valence-electron chi connectivity index (χ4n) is 3.40. The standard InChI is InChI=1S/C21H20ClN5O5/c1-12(2)8-26-19(28)17-18(27(21(26)30)14-6-4-5-13(22)7-14)23-11-25(17)9-16-24-15(10-32-16)20(29)31-3/h4-7,10-12H,8-9H2,1-3H3. The fourth-order valence-corrected chi connectivity index (χ4v) is 3.59. The first kappa shape index (κ1) is 21.6. The normalized spacial score (nSPS) is 11.4. The van der Waals surface area contributed by atoms with Crippen molar-refractivity contribution in [1.29, 1.82) is 0 Å². The molecule has 4 rings (SSSR count). The second-order valence-corrected chi connectivity index (χ2v) is 8.01. The maximum atomic E-state index is 13.3. The van der Waals surface area contributed by atoms with E-state index in [-0.39, 0.29) is 41.8 Å². The van der Waals surface area contributed by atoms with Gasteiger partial charge in [-0.1, -0.05) is 31.5 Å². The molecular formula is C21H20ClN5O5. The number of methoxy groups -OCH3 is 1. The summed E-state index contributed by atoms with van der Waals surface area (Å²) in [6, 6.07) is 6.75. The monoisotopic (exact) mass is 457 g/mol. The third kappa shape index (κ3) is 3.84. The molecule has 4 aromatic rings. The topological polar surface area (TPSA) is 114 Å². The number of benzene rings is 1. The molecule has 3 aromatic heterocycles. The lowest BCUT2D eigenvalue weighted by atomic mass is 10.2. The number of hydrogen-bond donors (Lipinski definition) is 0. The van der Waals surface area contributed by atoms with E-state index in [9.17, 15) is 14.4 Å². The van der Waals surface area contributed by atoms with Gasteiger partial charge in [0.1, 0.15) is 12.8 Å². The zero-order valence-corrected chi connectivity index (χ0v) is 18.4. The molecule has 3 heterocycles. The molecule has 0 aliphatic rings. The van der Waals surface area contributed by atoms with Gasteiger partial charge in [0.15, 0.2) is 16.9 Å².